The van der Waals surface area contributed by atoms with Gasteiger partial charge in [0, 0.05) is 12.6 Å². The van der Waals surface area contributed by atoms with Crippen LogP contribution in [0.4, 0.5) is 4.79 Å². The molecule has 0 spiro atoms. The summed E-state index contributed by atoms with van der Waals surface area (Å²) in [5.74, 6) is -0.439. The number of hydrogen-bond donors (Lipinski definition) is 1. The lowest BCUT2D eigenvalue weighted by molar-refractivity contribution is -0.146. The quantitative estimate of drug-likeness (QED) is 0.785. The van der Waals surface area contributed by atoms with Gasteiger partial charge in [-0.15, -0.1) is 0 Å². The van der Waals surface area contributed by atoms with Gasteiger partial charge < -0.3 is 14.6 Å². The summed E-state index contributed by atoms with van der Waals surface area (Å²) in [6, 6.07) is -0.791. The Kier molecular flexibility index (Phi) is 5.17. The first kappa shape index (κ1) is 15.8. The van der Waals surface area contributed by atoms with Crippen molar-refractivity contribution < 1.29 is 24.2 Å². The monoisotopic (exact) mass is 273 g/mol. The molecule has 0 unspecified atom stereocenters. The van der Waals surface area contributed by atoms with Crippen molar-refractivity contribution in [2.45, 2.75) is 57.7 Å². The maximum absolute atomic E-state index is 12.2. The van der Waals surface area contributed by atoms with Gasteiger partial charge in [0.05, 0.1) is 7.11 Å². The molecular formula is C13H23NO5. The van der Waals surface area contributed by atoms with Crippen molar-refractivity contribution in [3.8, 4) is 0 Å². The van der Waals surface area contributed by atoms with Crippen LogP contribution in [0.15, 0.2) is 0 Å². The van der Waals surface area contributed by atoms with Crippen molar-refractivity contribution in [1.82, 2.24) is 4.90 Å². The molecule has 1 heterocycles. The Bertz CT molecular complexity index is 336. The second-order valence-corrected chi connectivity index (χ2v) is 5.67. The second kappa shape index (κ2) is 6.23. The van der Waals surface area contributed by atoms with Gasteiger partial charge in [-0.3, -0.25) is 4.90 Å². The summed E-state index contributed by atoms with van der Waals surface area (Å²) in [6.07, 6.45) is 1.11. The fraction of sp³-hybridized carbons (Fsp3) is 0.846. The van der Waals surface area contributed by atoms with E-state index in [9.17, 15) is 9.59 Å². The average molecular weight is 273 g/mol. The molecule has 6 nitrogen and oxygen atoms in total. The Morgan fingerprint density at radius 2 is 1.95 bits per heavy atom. The highest BCUT2D eigenvalue weighted by molar-refractivity contribution is 5.82. The molecule has 1 rings (SSSR count). The topological polar surface area (TPSA) is 76.1 Å². The number of hydrogen-bond acceptors (Lipinski definition) is 5. The van der Waals surface area contributed by atoms with E-state index >= 15 is 0 Å². The van der Waals surface area contributed by atoms with Gasteiger partial charge in [-0.2, -0.15) is 0 Å². The number of amides is 1. The van der Waals surface area contributed by atoms with Gasteiger partial charge in [0.2, 0.25) is 0 Å². The lowest BCUT2D eigenvalue weighted by Crippen LogP contribution is -2.47. The summed E-state index contributed by atoms with van der Waals surface area (Å²) in [5, 5.41) is 9.05. The van der Waals surface area contributed by atoms with Crippen LogP contribution in [0, 0.1) is 0 Å². The molecule has 0 bridgehead atoms. The molecule has 0 saturated carbocycles. The van der Waals surface area contributed by atoms with Crippen molar-refractivity contribution in [3.05, 3.63) is 0 Å². The number of rotatable bonds is 3. The third kappa shape index (κ3) is 4.09. The minimum atomic E-state index is -0.621. The van der Waals surface area contributed by atoms with E-state index in [1.165, 1.54) is 12.0 Å². The van der Waals surface area contributed by atoms with E-state index in [0.717, 1.165) is 0 Å². The smallest absolute Gasteiger partial charge is 0.411 e. The number of likely N-dealkylation sites (tertiary alicyclic amines) is 1. The lowest BCUT2D eigenvalue weighted by Gasteiger charge is -2.31. The van der Waals surface area contributed by atoms with Crippen LogP contribution in [0.25, 0.3) is 0 Å². The fourth-order valence-corrected chi connectivity index (χ4v) is 2.27. The van der Waals surface area contributed by atoms with Crippen LogP contribution in [0.3, 0.4) is 0 Å². The molecule has 19 heavy (non-hydrogen) atoms. The normalized spacial score (nSPS) is 23.3. The molecule has 110 valence electrons. The number of nitrogens with zero attached hydrogens (tertiary/aromatic N) is 1. The zero-order chi connectivity index (χ0) is 14.6. The first-order valence-corrected chi connectivity index (χ1v) is 6.50. The Morgan fingerprint density at radius 1 is 1.32 bits per heavy atom. The first-order valence-electron chi connectivity index (χ1n) is 6.50. The number of aliphatic hydroxyl groups excluding tert-OH is 1. The second-order valence-electron chi connectivity index (χ2n) is 5.67. The van der Waals surface area contributed by atoms with Crippen LogP contribution in [-0.4, -0.2) is 53.5 Å². The molecule has 1 N–H and O–H groups in total. The Hall–Kier alpha value is -1.30. The standard InChI is InChI=1S/C13H23NO5/c1-13(2,3)19-12(17)14-9(7-8-15)5-6-10(14)11(16)18-4/h9-10,15H,5-8H2,1-4H3/t9-,10+/m1/s1. The molecule has 6 heteroatoms. The van der Waals surface area contributed by atoms with E-state index in [4.69, 9.17) is 14.6 Å². The lowest BCUT2D eigenvalue weighted by atomic mass is 10.1. The molecule has 0 aromatic carbocycles. The van der Waals surface area contributed by atoms with Crippen molar-refractivity contribution >= 4 is 12.1 Å². The Morgan fingerprint density at radius 3 is 2.42 bits per heavy atom. The highest BCUT2D eigenvalue weighted by Crippen LogP contribution is 2.29. The van der Waals surface area contributed by atoms with Gasteiger partial charge in [0.1, 0.15) is 11.6 Å². The summed E-state index contributed by atoms with van der Waals surface area (Å²) in [6.45, 7) is 5.29. The minimum absolute atomic E-state index is 0.0299. The zero-order valence-electron chi connectivity index (χ0n) is 12.0. The molecule has 0 aromatic rings. The Labute approximate surface area is 113 Å². The molecular weight excluding hydrogens is 250 g/mol. The summed E-state index contributed by atoms with van der Waals surface area (Å²) in [7, 11) is 1.30. The maximum Gasteiger partial charge on any atom is 0.411 e. The molecule has 1 fully saturated rings. The van der Waals surface area contributed by atoms with Crippen LogP contribution in [0.5, 0.6) is 0 Å². The van der Waals surface area contributed by atoms with E-state index in [2.05, 4.69) is 0 Å². The van der Waals surface area contributed by atoms with Gasteiger partial charge >= 0.3 is 12.1 Å². The predicted octanol–water partition coefficient (Wildman–Crippen LogP) is 1.31. The summed E-state index contributed by atoms with van der Waals surface area (Å²) in [5.41, 5.74) is -0.621. The highest BCUT2D eigenvalue weighted by atomic mass is 16.6. The van der Waals surface area contributed by atoms with Crippen LogP contribution in [0.2, 0.25) is 0 Å². The van der Waals surface area contributed by atoms with Gasteiger partial charge in [-0.05, 0) is 40.0 Å². The molecule has 1 aliphatic heterocycles. The van der Waals surface area contributed by atoms with E-state index in [1.54, 1.807) is 20.8 Å². The van der Waals surface area contributed by atoms with Crippen LogP contribution >= 0.6 is 0 Å². The summed E-state index contributed by atoms with van der Waals surface area (Å²) in [4.78, 5) is 25.3. The van der Waals surface area contributed by atoms with Crippen molar-refractivity contribution in [2.75, 3.05) is 13.7 Å². The SMILES string of the molecule is COC(=O)[C@@H]1CC[C@H](CCO)N1C(=O)OC(C)(C)C. The van der Waals surface area contributed by atoms with Gasteiger partial charge in [-0.1, -0.05) is 0 Å². The van der Waals surface area contributed by atoms with Gasteiger partial charge in [0.15, 0.2) is 0 Å². The van der Waals surface area contributed by atoms with Gasteiger partial charge in [0.25, 0.3) is 0 Å². The molecule has 0 radical (unpaired) electrons. The van der Waals surface area contributed by atoms with E-state index < -0.39 is 23.7 Å². The molecule has 0 aromatic heterocycles. The van der Waals surface area contributed by atoms with Gasteiger partial charge in [-0.25, -0.2) is 9.59 Å². The number of carbonyl (C=O) groups excluding carboxylic acids is 2. The van der Waals surface area contributed by atoms with Crippen LogP contribution in [-0.2, 0) is 14.3 Å². The number of carbonyl (C=O) groups is 2. The van der Waals surface area contributed by atoms with E-state index in [1.807, 2.05) is 0 Å². The van der Waals surface area contributed by atoms with Crippen LogP contribution in [0.1, 0.15) is 40.0 Å². The first-order chi connectivity index (χ1) is 8.80. The molecule has 1 amide bonds. The average Bonchev–Trinajstić information content (AvgIpc) is 2.70. The number of methoxy groups -OCH3 is 1. The predicted molar refractivity (Wildman–Crippen MR) is 68.6 cm³/mol. The largest absolute Gasteiger partial charge is 0.467 e. The van der Waals surface area contributed by atoms with E-state index in [-0.39, 0.29) is 12.6 Å². The molecule has 1 aliphatic rings. The van der Waals surface area contributed by atoms with Crippen LogP contribution < -0.4 is 0 Å². The summed E-state index contributed by atoms with van der Waals surface area (Å²) < 4.78 is 10.0. The van der Waals surface area contributed by atoms with E-state index in [0.29, 0.717) is 19.3 Å². The van der Waals surface area contributed by atoms with Crippen molar-refractivity contribution in [2.24, 2.45) is 0 Å². The van der Waals surface area contributed by atoms with Crippen molar-refractivity contribution in [3.63, 3.8) is 0 Å². The summed E-state index contributed by atoms with van der Waals surface area (Å²) >= 11 is 0. The third-order valence-electron chi connectivity index (χ3n) is 3.04. The third-order valence-corrected chi connectivity index (χ3v) is 3.04. The number of aliphatic hydroxyl groups is 1. The minimum Gasteiger partial charge on any atom is -0.467 e. The number of esters is 1. The number of ether oxygens (including phenoxy) is 2. The zero-order valence-corrected chi connectivity index (χ0v) is 12.0. The fourth-order valence-electron chi connectivity index (χ4n) is 2.27. The maximum atomic E-state index is 12.2. The van der Waals surface area contributed by atoms with Crippen molar-refractivity contribution in [1.29, 1.82) is 0 Å². The molecule has 2 atom stereocenters. The molecule has 1 saturated heterocycles. The Balaban J connectivity index is 2.85. The molecule has 0 aliphatic carbocycles. The highest BCUT2D eigenvalue weighted by Gasteiger charge is 2.43.